The van der Waals surface area contributed by atoms with Gasteiger partial charge in [-0.15, -0.1) is 24.0 Å². The molecular weight excluding hydrogens is 403 g/mol. The van der Waals surface area contributed by atoms with Crippen LogP contribution in [0.4, 0.5) is 0 Å². The van der Waals surface area contributed by atoms with E-state index < -0.39 is 0 Å². The number of carbonyl (C=O) groups excluding carboxylic acids is 1. The molecule has 1 saturated carbocycles. The van der Waals surface area contributed by atoms with Crippen molar-refractivity contribution in [3.05, 3.63) is 35.9 Å². The normalized spacial score (nSPS) is 15.3. The summed E-state index contributed by atoms with van der Waals surface area (Å²) in [4.78, 5) is 15.6. The van der Waals surface area contributed by atoms with Crippen LogP contribution in [0.5, 0.6) is 0 Å². The van der Waals surface area contributed by atoms with E-state index >= 15 is 0 Å². The highest BCUT2D eigenvalue weighted by molar-refractivity contribution is 14.0. The van der Waals surface area contributed by atoms with Crippen molar-refractivity contribution in [3.63, 3.8) is 0 Å². The summed E-state index contributed by atoms with van der Waals surface area (Å²) in [5.74, 6) is 0.805. The van der Waals surface area contributed by atoms with Gasteiger partial charge in [-0.05, 0) is 25.3 Å². The van der Waals surface area contributed by atoms with Crippen molar-refractivity contribution >= 4 is 35.8 Å². The zero-order valence-electron chi connectivity index (χ0n) is 13.9. The highest BCUT2D eigenvalue weighted by atomic mass is 127. The van der Waals surface area contributed by atoms with E-state index in [0.29, 0.717) is 13.1 Å². The van der Waals surface area contributed by atoms with Gasteiger partial charge in [-0.3, -0.25) is 9.79 Å². The van der Waals surface area contributed by atoms with E-state index in [1.807, 2.05) is 0 Å². The molecule has 0 unspecified atom stereocenters. The molecule has 0 aliphatic heterocycles. The zero-order valence-corrected chi connectivity index (χ0v) is 16.2. The van der Waals surface area contributed by atoms with Crippen LogP contribution in [0.1, 0.15) is 32.3 Å². The second kappa shape index (κ2) is 9.75. The van der Waals surface area contributed by atoms with Gasteiger partial charge in [0.05, 0.1) is 6.54 Å². The van der Waals surface area contributed by atoms with Gasteiger partial charge < -0.3 is 16.0 Å². The lowest BCUT2D eigenvalue weighted by Crippen LogP contribution is -2.41. The van der Waals surface area contributed by atoms with Crippen LogP contribution in [0.3, 0.4) is 0 Å². The van der Waals surface area contributed by atoms with Crippen LogP contribution < -0.4 is 16.0 Å². The van der Waals surface area contributed by atoms with Crippen LogP contribution in [-0.2, 0) is 10.2 Å². The molecule has 1 aromatic carbocycles. The predicted molar refractivity (Wildman–Crippen MR) is 105 cm³/mol. The Bertz CT molecular complexity index is 515. The van der Waals surface area contributed by atoms with Crippen LogP contribution >= 0.6 is 24.0 Å². The summed E-state index contributed by atoms with van der Waals surface area (Å²) in [6.07, 6.45) is 2.40. The first kappa shape index (κ1) is 19.7. The number of rotatable bonds is 7. The number of guanidine groups is 1. The van der Waals surface area contributed by atoms with Gasteiger partial charge in [0.2, 0.25) is 5.91 Å². The van der Waals surface area contributed by atoms with Crippen LogP contribution in [0.25, 0.3) is 0 Å². The maximum Gasteiger partial charge on any atom is 0.216 e. The Morgan fingerprint density at radius 2 is 1.78 bits per heavy atom. The standard InChI is InChI=1S/C17H26N4O.HI/c1-3-18-16(20-12-11-19-14(2)22)21-13-17(9-10-17)15-7-5-4-6-8-15;/h4-8H,3,9-13H2,1-2H3,(H,19,22)(H2,18,20,21);1H. The topological polar surface area (TPSA) is 65.5 Å². The van der Waals surface area contributed by atoms with Gasteiger partial charge in [-0.25, -0.2) is 0 Å². The molecule has 0 atom stereocenters. The highest BCUT2D eigenvalue weighted by Crippen LogP contribution is 2.48. The fourth-order valence-electron chi connectivity index (χ4n) is 2.47. The summed E-state index contributed by atoms with van der Waals surface area (Å²) in [5, 5.41) is 9.27. The fraction of sp³-hybridized carbons (Fsp3) is 0.529. The molecule has 5 nitrogen and oxygen atoms in total. The number of amides is 1. The molecule has 0 radical (unpaired) electrons. The number of nitrogens with one attached hydrogen (secondary N) is 3. The minimum Gasteiger partial charge on any atom is -0.357 e. The number of aliphatic imine (C=N–C) groups is 1. The van der Waals surface area contributed by atoms with Crippen LogP contribution in [0.2, 0.25) is 0 Å². The maximum absolute atomic E-state index is 10.9. The van der Waals surface area contributed by atoms with Crippen molar-refractivity contribution in [2.75, 3.05) is 26.2 Å². The first-order valence-electron chi connectivity index (χ1n) is 7.98. The van der Waals surface area contributed by atoms with Gasteiger partial charge in [-0.1, -0.05) is 30.3 Å². The number of halogens is 1. The lowest BCUT2D eigenvalue weighted by molar-refractivity contribution is -0.118. The summed E-state index contributed by atoms with van der Waals surface area (Å²) in [5.41, 5.74) is 1.61. The molecule has 3 N–H and O–H groups in total. The number of hydrogen-bond donors (Lipinski definition) is 3. The molecule has 1 fully saturated rings. The summed E-state index contributed by atoms with van der Waals surface area (Å²) in [6, 6.07) is 10.6. The molecule has 1 aliphatic carbocycles. The second-order valence-corrected chi connectivity index (χ2v) is 5.75. The molecule has 6 heteroatoms. The Morgan fingerprint density at radius 1 is 1.13 bits per heavy atom. The summed E-state index contributed by atoms with van der Waals surface area (Å²) >= 11 is 0. The van der Waals surface area contributed by atoms with Crippen LogP contribution in [-0.4, -0.2) is 38.0 Å². The molecule has 0 spiro atoms. The van der Waals surface area contributed by atoms with Crippen molar-refractivity contribution < 1.29 is 4.79 Å². The second-order valence-electron chi connectivity index (χ2n) is 5.75. The van der Waals surface area contributed by atoms with E-state index in [0.717, 1.165) is 19.0 Å². The molecule has 0 aromatic heterocycles. The molecule has 1 amide bonds. The smallest absolute Gasteiger partial charge is 0.216 e. The van der Waals surface area contributed by atoms with Gasteiger partial charge >= 0.3 is 0 Å². The molecule has 0 bridgehead atoms. The van der Waals surface area contributed by atoms with Gasteiger partial charge in [0.15, 0.2) is 5.96 Å². The maximum atomic E-state index is 10.9. The third-order valence-electron chi connectivity index (χ3n) is 3.92. The van der Waals surface area contributed by atoms with Crippen molar-refractivity contribution in [3.8, 4) is 0 Å². The lowest BCUT2D eigenvalue weighted by atomic mass is 9.96. The van der Waals surface area contributed by atoms with Crippen molar-refractivity contribution in [1.82, 2.24) is 16.0 Å². The Hall–Kier alpha value is -1.31. The van der Waals surface area contributed by atoms with Gasteiger partial charge in [0, 0.05) is 32.0 Å². The molecule has 2 rings (SSSR count). The first-order chi connectivity index (χ1) is 10.7. The van der Waals surface area contributed by atoms with E-state index in [2.05, 4.69) is 53.2 Å². The van der Waals surface area contributed by atoms with Crippen LogP contribution in [0, 0.1) is 0 Å². The fourth-order valence-corrected chi connectivity index (χ4v) is 2.47. The molecule has 128 valence electrons. The Kier molecular flexibility index (Phi) is 8.36. The molecule has 0 heterocycles. The van der Waals surface area contributed by atoms with Crippen LogP contribution in [0.15, 0.2) is 35.3 Å². The molecule has 1 aliphatic rings. The van der Waals surface area contributed by atoms with Gasteiger partial charge in [0.25, 0.3) is 0 Å². The summed E-state index contributed by atoms with van der Waals surface area (Å²) < 4.78 is 0. The first-order valence-corrected chi connectivity index (χ1v) is 7.98. The van der Waals surface area contributed by atoms with Gasteiger partial charge in [0.1, 0.15) is 0 Å². The molecule has 0 saturated heterocycles. The predicted octanol–water partition coefficient (Wildman–Crippen LogP) is 2.03. The molecule has 23 heavy (non-hydrogen) atoms. The number of nitrogens with zero attached hydrogens (tertiary/aromatic N) is 1. The average Bonchev–Trinajstić information content (AvgIpc) is 3.31. The SMILES string of the molecule is CCNC(=NCC1(c2ccccc2)CC1)NCCNC(C)=O.I. The quantitative estimate of drug-likeness (QED) is 0.269. The minimum atomic E-state index is -0.00949. The van der Waals surface area contributed by atoms with E-state index in [1.165, 1.54) is 25.3 Å². The van der Waals surface area contributed by atoms with Crippen molar-refractivity contribution in [1.29, 1.82) is 0 Å². The third-order valence-corrected chi connectivity index (χ3v) is 3.92. The summed E-state index contributed by atoms with van der Waals surface area (Å²) in [7, 11) is 0. The molecular formula is C17H27IN4O. The average molecular weight is 430 g/mol. The van der Waals surface area contributed by atoms with Crippen molar-refractivity contribution in [2.45, 2.75) is 32.1 Å². The van der Waals surface area contributed by atoms with Crippen molar-refractivity contribution in [2.24, 2.45) is 4.99 Å². The minimum absolute atomic E-state index is 0. The number of benzene rings is 1. The largest absolute Gasteiger partial charge is 0.357 e. The van der Waals surface area contributed by atoms with E-state index in [1.54, 1.807) is 0 Å². The number of hydrogen-bond acceptors (Lipinski definition) is 2. The monoisotopic (exact) mass is 430 g/mol. The van der Waals surface area contributed by atoms with E-state index in [4.69, 9.17) is 4.99 Å². The lowest BCUT2D eigenvalue weighted by Gasteiger charge is -2.16. The zero-order chi connectivity index (χ0) is 15.8. The molecule has 1 aromatic rings. The van der Waals surface area contributed by atoms with E-state index in [9.17, 15) is 4.79 Å². The van der Waals surface area contributed by atoms with E-state index in [-0.39, 0.29) is 35.3 Å². The Morgan fingerprint density at radius 3 is 2.35 bits per heavy atom. The highest BCUT2D eigenvalue weighted by Gasteiger charge is 2.43. The Balaban J connectivity index is 0.00000264. The van der Waals surface area contributed by atoms with Gasteiger partial charge in [-0.2, -0.15) is 0 Å². The number of carbonyl (C=O) groups is 1. The summed E-state index contributed by atoms with van der Waals surface area (Å²) in [6.45, 7) is 6.47. The third kappa shape index (κ3) is 6.37. The Labute approximate surface area is 155 Å².